The van der Waals surface area contributed by atoms with E-state index in [4.69, 9.17) is 4.74 Å². The lowest BCUT2D eigenvalue weighted by molar-refractivity contribution is -0.140. The molecule has 0 aliphatic carbocycles. The standard InChI is InChI=1S/C23H27N7O4/c1-14-7-23(22(33)30(14)18-6-21(32)34-12-18)8-16-3-4-17(9-23)28(16)11-19(31)15-2-5-20(24-10-15)29-13-25-26-27-29/h2,5-6,10,13-14,16-17,19,31H,3-4,7-9,11-12H2,1H3/t14?,16-,17-,19-/m1/s1. The zero-order chi connectivity index (χ0) is 23.4. The molecule has 0 radical (unpaired) electrons. The summed E-state index contributed by atoms with van der Waals surface area (Å²) in [5.74, 6) is 0.341. The Hall–Kier alpha value is -3.18. The third kappa shape index (κ3) is 3.41. The van der Waals surface area contributed by atoms with E-state index in [1.54, 1.807) is 17.2 Å². The summed E-state index contributed by atoms with van der Waals surface area (Å²) in [6, 6.07) is 4.20. The molecule has 0 aromatic carbocycles. The highest BCUT2D eigenvalue weighted by Crippen LogP contribution is 2.53. The molecule has 2 aromatic heterocycles. The van der Waals surface area contributed by atoms with Crippen molar-refractivity contribution in [2.75, 3.05) is 13.2 Å². The molecule has 6 heterocycles. The van der Waals surface area contributed by atoms with E-state index < -0.39 is 11.5 Å². The minimum Gasteiger partial charge on any atom is -0.456 e. The Kier molecular flexibility index (Phi) is 4.99. The summed E-state index contributed by atoms with van der Waals surface area (Å²) in [7, 11) is 0. The fourth-order valence-electron chi connectivity index (χ4n) is 6.50. The van der Waals surface area contributed by atoms with Crippen LogP contribution in [0.5, 0.6) is 0 Å². The van der Waals surface area contributed by atoms with Crippen LogP contribution in [0.1, 0.15) is 50.7 Å². The van der Waals surface area contributed by atoms with Crippen LogP contribution in [0.15, 0.2) is 36.4 Å². The summed E-state index contributed by atoms with van der Waals surface area (Å²) in [6.07, 6.45) is 8.34. The Balaban J connectivity index is 1.15. The number of aliphatic hydroxyl groups is 1. The first-order valence-corrected chi connectivity index (χ1v) is 11.8. The smallest absolute Gasteiger partial charge is 0.333 e. The number of piperidine rings is 1. The van der Waals surface area contributed by atoms with Crippen LogP contribution < -0.4 is 0 Å². The number of aromatic nitrogens is 5. The number of aliphatic hydroxyl groups excluding tert-OH is 1. The fraction of sp³-hybridized carbons (Fsp3) is 0.565. The Bertz CT molecular complexity index is 1120. The van der Waals surface area contributed by atoms with Crippen LogP contribution in [-0.4, -0.2) is 83.3 Å². The predicted molar refractivity (Wildman–Crippen MR) is 117 cm³/mol. The minimum atomic E-state index is -0.672. The molecule has 4 aliphatic rings. The van der Waals surface area contributed by atoms with Gasteiger partial charge in [0.15, 0.2) is 5.82 Å². The average molecular weight is 466 g/mol. The number of hydrogen-bond donors (Lipinski definition) is 1. The van der Waals surface area contributed by atoms with Crippen molar-refractivity contribution in [3.63, 3.8) is 0 Å². The van der Waals surface area contributed by atoms with Crippen molar-refractivity contribution in [3.05, 3.63) is 42.0 Å². The molecule has 3 fully saturated rings. The lowest BCUT2D eigenvalue weighted by atomic mass is 9.72. The minimum absolute atomic E-state index is 0.0505. The fourth-order valence-corrected chi connectivity index (χ4v) is 6.50. The molecule has 4 atom stereocenters. The summed E-state index contributed by atoms with van der Waals surface area (Å²) in [6.45, 7) is 2.75. The SMILES string of the molecule is CC1CC2(C[C@H]3CC[C@H](C2)N3C[C@@H](O)c2ccc(-n3cnnn3)nc2)C(=O)N1C1=CC(=O)OC1. The Labute approximate surface area is 196 Å². The number of tetrazole rings is 1. The highest BCUT2D eigenvalue weighted by atomic mass is 16.5. The Morgan fingerprint density at radius 1 is 1.21 bits per heavy atom. The summed E-state index contributed by atoms with van der Waals surface area (Å²) in [5, 5.41) is 22.0. The second-order valence-corrected chi connectivity index (χ2v) is 9.96. The molecule has 2 aromatic rings. The number of fused-ring (bicyclic) bond motifs is 2. The number of pyridine rings is 1. The van der Waals surface area contributed by atoms with Gasteiger partial charge in [0.05, 0.1) is 17.2 Å². The van der Waals surface area contributed by atoms with Crippen molar-refractivity contribution in [3.8, 4) is 5.82 Å². The third-order valence-electron chi connectivity index (χ3n) is 7.90. The maximum absolute atomic E-state index is 13.6. The van der Waals surface area contributed by atoms with Crippen LogP contribution in [0.2, 0.25) is 0 Å². The highest BCUT2D eigenvalue weighted by Gasteiger charge is 2.58. The maximum Gasteiger partial charge on any atom is 0.333 e. The van der Waals surface area contributed by atoms with Crippen molar-refractivity contribution in [1.82, 2.24) is 35.0 Å². The molecular weight excluding hydrogens is 438 g/mol. The number of cyclic esters (lactones) is 1. The molecular formula is C23H27N7O4. The summed E-state index contributed by atoms with van der Waals surface area (Å²) < 4.78 is 6.52. The van der Waals surface area contributed by atoms with Crippen LogP contribution in [0.3, 0.4) is 0 Å². The number of nitrogens with zero attached hydrogens (tertiary/aromatic N) is 7. The van der Waals surface area contributed by atoms with Crippen LogP contribution in [-0.2, 0) is 14.3 Å². The molecule has 34 heavy (non-hydrogen) atoms. The van der Waals surface area contributed by atoms with Gasteiger partial charge in [-0.05, 0) is 55.5 Å². The van der Waals surface area contributed by atoms with Crippen LogP contribution in [0.25, 0.3) is 5.82 Å². The first-order valence-electron chi connectivity index (χ1n) is 11.8. The summed E-state index contributed by atoms with van der Waals surface area (Å²) in [5.41, 5.74) is 1.03. The predicted octanol–water partition coefficient (Wildman–Crippen LogP) is 0.765. The van der Waals surface area contributed by atoms with Crippen molar-refractivity contribution in [2.45, 2.75) is 63.3 Å². The van der Waals surface area contributed by atoms with Gasteiger partial charge in [0.2, 0.25) is 5.91 Å². The molecule has 1 spiro atoms. The van der Waals surface area contributed by atoms with E-state index in [1.165, 1.54) is 17.1 Å². The van der Waals surface area contributed by atoms with E-state index in [2.05, 4.69) is 32.3 Å². The van der Waals surface area contributed by atoms with Gasteiger partial charge in [0, 0.05) is 42.5 Å². The molecule has 11 heteroatoms. The monoisotopic (exact) mass is 465 g/mol. The van der Waals surface area contributed by atoms with Crippen molar-refractivity contribution < 1.29 is 19.4 Å². The zero-order valence-corrected chi connectivity index (χ0v) is 18.9. The number of likely N-dealkylation sites (tertiary alicyclic amines) is 1. The van der Waals surface area contributed by atoms with Gasteiger partial charge in [-0.25, -0.2) is 9.78 Å². The van der Waals surface area contributed by atoms with Gasteiger partial charge < -0.3 is 14.7 Å². The highest BCUT2D eigenvalue weighted by molar-refractivity contribution is 5.91. The lowest BCUT2D eigenvalue weighted by Gasteiger charge is -2.44. The molecule has 178 valence electrons. The topological polar surface area (TPSA) is 127 Å². The molecule has 2 bridgehead atoms. The number of amides is 1. The normalized spacial score (nSPS) is 31.9. The average Bonchev–Trinajstić information content (AvgIpc) is 3.59. The molecule has 1 unspecified atom stereocenters. The Morgan fingerprint density at radius 2 is 2.00 bits per heavy atom. The Morgan fingerprint density at radius 3 is 2.62 bits per heavy atom. The summed E-state index contributed by atoms with van der Waals surface area (Å²) in [4.78, 5) is 33.7. The first-order chi connectivity index (χ1) is 16.4. The summed E-state index contributed by atoms with van der Waals surface area (Å²) >= 11 is 0. The van der Waals surface area contributed by atoms with Gasteiger partial charge in [-0.3, -0.25) is 9.69 Å². The number of hydrogen-bond acceptors (Lipinski definition) is 9. The molecule has 1 N–H and O–H groups in total. The number of ether oxygens (including phenoxy) is 1. The van der Waals surface area contributed by atoms with Crippen molar-refractivity contribution in [1.29, 1.82) is 0 Å². The molecule has 3 saturated heterocycles. The quantitative estimate of drug-likeness (QED) is 0.637. The van der Waals surface area contributed by atoms with Crippen LogP contribution in [0.4, 0.5) is 0 Å². The number of rotatable bonds is 5. The van der Waals surface area contributed by atoms with E-state index in [0.29, 0.717) is 18.1 Å². The largest absolute Gasteiger partial charge is 0.456 e. The van der Waals surface area contributed by atoms with Gasteiger partial charge in [0.1, 0.15) is 12.9 Å². The van der Waals surface area contributed by atoms with Crippen LogP contribution in [0, 0.1) is 5.41 Å². The van der Waals surface area contributed by atoms with Gasteiger partial charge in [0.25, 0.3) is 0 Å². The van der Waals surface area contributed by atoms with E-state index >= 15 is 0 Å². The molecule has 11 nitrogen and oxygen atoms in total. The van der Waals surface area contributed by atoms with Crippen molar-refractivity contribution >= 4 is 11.9 Å². The van der Waals surface area contributed by atoms with E-state index in [0.717, 1.165) is 37.7 Å². The van der Waals surface area contributed by atoms with Gasteiger partial charge in [-0.2, -0.15) is 4.68 Å². The first kappa shape index (κ1) is 21.4. The van der Waals surface area contributed by atoms with Crippen LogP contribution >= 0.6 is 0 Å². The van der Waals surface area contributed by atoms with E-state index in [9.17, 15) is 14.7 Å². The third-order valence-corrected chi connectivity index (χ3v) is 7.90. The number of carbonyl (C=O) groups excluding carboxylic acids is 2. The number of esters is 1. The van der Waals surface area contributed by atoms with Gasteiger partial charge in [-0.15, -0.1) is 5.10 Å². The maximum atomic E-state index is 13.6. The second kappa shape index (κ2) is 7.95. The van der Waals surface area contributed by atoms with E-state index in [1.807, 2.05) is 6.07 Å². The van der Waals surface area contributed by atoms with E-state index in [-0.39, 0.29) is 36.6 Å². The lowest BCUT2D eigenvalue weighted by Crippen LogP contribution is -2.51. The van der Waals surface area contributed by atoms with Crippen molar-refractivity contribution in [2.24, 2.45) is 5.41 Å². The number of carbonyl (C=O) groups is 2. The van der Waals surface area contributed by atoms with Gasteiger partial charge in [-0.1, -0.05) is 6.07 Å². The molecule has 0 saturated carbocycles. The molecule has 4 aliphatic heterocycles. The van der Waals surface area contributed by atoms with Gasteiger partial charge >= 0.3 is 5.97 Å². The molecule has 6 rings (SSSR count). The second-order valence-electron chi connectivity index (χ2n) is 9.96. The molecule has 1 amide bonds. The zero-order valence-electron chi connectivity index (χ0n) is 18.9.